The lowest BCUT2D eigenvalue weighted by atomic mass is 10.1. The maximum Gasteiger partial charge on any atom is 0.254 e. The first kappa shape index (κ1) is 17.3. The summed E-state index contributed by atoms with van der Waals surface area (Å²) in [5.74, 6) is 1.79. The fourth-order valence-electron chi connectivity index (χ4n) is 3.46. The normalized spacial score (nSPS) is 16.5. The fourth-order valence-corrected chi connectivity index (χ4v) is 3.46. The van der Waals surface area contributed by atoms with Gasteiger partial charge in [0.25, 0.3) is 5.91 Å². The van der Waals surface area contributed by atoms with Crippen molar-refractivity contribution in [2.24, 2.45) is 0 Å². The molecule has 6 nitrogen and oxygen atoms in total. The minimum absolute atomic E-state index is 0.0137. The molecule has 1 saturated heterocycles. The Hall–Kier alpha value is -3.15. The zero-order valence-corrected chi connectivity index (χ0v) is 15.4. The molecule has 0 radical (unpaired) electrons. The summed E-state index contributed by atoms with van der Waals surface area (Å²) in [6.07, 6.45) is 1.74. The summed E-state index contributed by atoms with van der Waals surface area (Å²) in [5.41, 5.74) is 2.54. The number of benzene rings is 2. The van der Waals surface area contributed by atoms with Gasteiger partial charge in [0.2, 0.25) is 11.7 Å². The van der Waals surface area contributed by atoms with Gasteiger partial charge in [-0.3, -0.25) is 4.79 Å². The van der Waals surface area contributed by atoms with Gasteiger partial charge in [-0.2, -0.15) is 4.98 Å². The van der Waals surface area contributed by atoms with Crippen LogP contribution in [0.3, 0.4) is 0 Å². The highest BCUT2D eigenvalue weighted by atomic mass is 16.5. The van der Waals surface area contributed by atoms with Crippen LogP contribution in [0.4, 0.5) is 0 Å². The molecule has 1 aliphatic heterocycles. The van der Waals surface area contributed by atoms with E-state index in [0.717, 1.165) is 35.3 Å². The first-order chi connectivity index (χ1) is 13.2. The van der Waals surface area contributed by atoms with E-state index >= 15 is 0 Å². The molecule has 1 atom stereocenters. The number of amides is 1. The lowest BCUT2D eigenvalue weighted by molar-refractivity contribution is 0.0709. The molecule has 138 valence electrons. The average molecular weight is 363 g/mol. The second kappa shape index (κ2) is 7.23. The van der Waals surface area contributed by atoms with Crippen molar-refractivity contribution in [2.45, 2.75) is 25.8 Å². The van der Waals surface area contributed by atoms with Gasteiger partial charge in [0.15, 0.2) is 0 Å². The second-order valence-corrected chi connectivity index (χ2v) is 6.66. The molecule has 1 unspecified atom stereocenters. The molecule has 2 aromatic carbocycles. The molecule has 1 fully saturated rings. The Bertz CT molecular complexity index is 949. The third-order valence-corrected chi connectivity index (χ3v) is 4.96. The molecule has 0 saturated carbocycles. The summed E-state index contributed by atoms with van der Waals surface area (Å²) in [6.45, 7) is 2.64. The van der Waals surface area contributed by atoms with E-state index < -0.39 is 0 Å². The molecular formula is C21H21N3O3. The molecule has 1 amide bonds. The molecule has 6 heteroatoms. The monoisotopic (exact) mass is 363 g/mol. The van der Waals surface area contributed by atoms with Crippen LogP contribution in [0.25, 0.3) is 11.4 Å². The van der Waals surface area contributed by atoms with E-state index in [1.165, 1.54) is 0 Å². The van der Waals surface area contributed by atoms with Crippen LogP contribution in [-0.4, -0.2) is 34.6 Å². The Labute approximate surface area is 157 Å². The van der Waals surface area contributed by atoms with Gasteiger partial charge < -0.3 is 14.2 Å². The molecular weight excluding hydrogens is 342 g/mol. The number of carbonyl (C=O) groups is 1. The van der Waals surface area contributed by atoms with Crippen LogP contribution >= 0.6 is 0 Å². The van der Waals surface area contributed by atoms with Crippen LogP contribution in [0.2, 0.25) is 0 Å². The molecule has 2 heterocycles. The Kier molecular flexibility index (Phi) is 4.62. The van der Waals surface area contributed by atoms with Gasteiger partial charge in [-0.05, 0) is 55.7 Å². The number of aryl methyl sites for hydroxylation is 1. The van der Waals surface area contributed by atoms with Crippen molar-refractivity contribution in [1.29, 1.82) is 0 Å². The first-order valence-electron chi connectivity index (χ1n) is 9.02. The Morgan fingerprint density at radius 3 is 2.70 bits per heavy atom. The molecule has 0 N–H and O–H groups in total. The van der Waals surface area contributed by atoms with Crippen LogP contribution in [0.1, 0.15) is 40.7 Å². The van der Waals surface area contributed by atoms with Gasteiger partial charge in [-0.25, -0.2) is 0 Å². The molecule has 0 bridgehead atoms. The fraction of sp³-hybridized carbons (Fsp3) is 0.286. The largest absolute Gasteiger partial charge is 0.497 e. The first-order valence-corrected chi connectivity index (χ1v) is 9.02. The van der Waals surface area contributed by atoms with Crippen LogP contribution in [0.15, 0.2) is 53.1 Å². The predicted octanol–water partition coefficient (Wildman–Crippen LogP) is 4.03. The van der Waals surface area contributed by atoms with E-state index in [0.29, 0.717) is 18.3 Å². The summed E-state index contributed by atoms with van der Waals surface area (Å²) < 4.78 is 10.7. The lowest BCUT2D eigenvalue weighted by Gasteiger charge is -2.22. The molecule has 0 spiro atoms. The smallest absolute Gasteiger partial charge is 0.254 e. The highest BCUT2D eigenvalue weighted by Crippen LogP contribution is 2.33. The van der Waals surface area contributed by atoms with Crippen molar-refractivity contribution in [2.75, 3.05) is 13.7 Å². The maximum atomic E-state index is 13.0. The highest BCUT2D eigenvalue weighted by molar-refractivity contribution is 5.96. The number of methoxy groups -OCH3 is 1. The number of hydrogen-bond donors (Lipinski definition) is 0. The Morgan fingerprint density at radius 2 is 1.96 bits per heavy atom. The molecule has 1 aromatic heterocycles. The average Bonchev–Trinajstić information content (AvgIpc) is 3.37. The maximum absolute atomic E-state index is 13.0. The number of nitrogens with zero attached hydrogens (tertiary/aromatic N) is 3. The topological polar surface area (TPSA) is 68.5 Å². The van der Waals surface area contributed by atoms with Gasteiger partial charge >= 0.3 is 0 Å². The minimum atomic E-state index is -0.184. The standard InChI is InChI=1S/C21H21N3O3/c1-14-6-3-4-7-17(14)21(25)24-13-5-8-18(24)20-22-19(23-27-20)15-9-11-16(26-2)12-10-15/h3-4,6-7,9-12,18H,5,8,13H2,1-2H3. The second-order valence-electron chi connectivity index (χ2n) is 6.66. The number of ether oxygens (including phenoxy) is 1. The Balaban J connectivity index is 1.58. The van der Waals surface area contributed by atoms with Crippen LogP contribution in [0.5, 0.6) is 5.75 Å². The van der Waals surface area contributed by atoms with Gasteiger partial charge in [-0.1, -0.05) is 23.4 Å². The quantitative estimate of drug-likeness (QED) is 0.700. The van der Waals surface area contributed by atoms with Crippen molar-refractivity contribution in [3.05, 3.63) is 65.5 Å². The summed E-state index contributed by atoms with van der Waals surface area (Å²) in [6, 6.07) is 14.9. The van der Waals surface area contributed by atoms with E-state index in [1.807, 2.05) is 60.4 Å². The number of carbonyl (C=O) groups excluding carboxylic acids is 1. The van der Waals surface area contributed by atoms with Crippen molar-refractivity contribution in [3.63, 3.8) is 0 Å². The van der Waals surface area contributed by atoms with Gasteiger partial charge in [0, 0.05) is 17.7 Å². The SMILES string of the molecule is COc1ccc(-c2noc(C3CCCN3C(=O)c3ccccc3C)n2)cc1. The third-order valence-electron chi connectivity index (χ3n) is 4.96. The van der Waals surface area contributed by atoms with E-state index in [4.69, 9.17) is 9.26 Å². The molecule has 1 aliphatic rings. The molecule has 4 rings (SSSR count). The van der Waals surface area contributed by atoms with E-state index in [-0.39, 0.29) is 11.9 Å². The highest BCUT2D eigenvalue weighted by Gasteiger charge is 2.35. The summed E-state index contributed by atoms with van der Waals surface area (Å²) in [4.78, 5) is 19.4. The van der Waals surface area contributed by atoms with Crippen molar-refractivity contribution in [1.82, 2.24) is 15.0 Å². The third kappa shape index (κ3) is 3.30. The lowest BCUT2D eigenvalue weighted by Crippen LogP contribution is -2.31. The number of aromatic nitrogens is 2. The zero-order valence-electron chi connectivity index (χ0n) is 15.4. The van der Waals surface area contributed by atoms with Crippen molar-refractivity contribution in [3.8, 4) is 17.1 Å². The number of likely N-dealkylation sites (tertiary alicyclic amines) is 1. The summed E-state index contributed by atoms with van der Waals surface area (Å²) in [7, 11) is 1.63. The van der Waals surface area contributed by atoms with E-state index in [1.54, 1.807) is 7.11 Å². The van der Waals surface area contributed by atoms with Crippen LogP contribution in [0, 0.1) is 6.92 Å². The van der Waals surface area contributed by atoms with Gasteiger partial charge in [0.05, 0.1) is 7.11 Å². The number of hydrogen-bond acceptors (Lipinski definition) is 5. The number of rotatable bonds is 4. The predicted molar refractivity (Wildman–Crippen MR) is 100 cm³/mol. The molecule has 0 aliphatic carbocycles. The Morgan fingerprint density at radius 1 is 1.19 bits per heavy atom. The summed E-state index contributed by atoms with van der Waals surface area (Å²) in [5, 5.41) is 4.11. The minimum Gasteiger partial charge on any atom is -0.497 e. The van der Waals surface area contributed by atoms with Crippen LogP contribution in [-0.2, 0) is 0 Å². The molecule has 27 heavy (non-hydrogen) atoms. The van der Waals surface area contributed by atoms with Crippen molar-refractivity contribution >= 4 is 5.91 Å². The van der Waals surface area contributed by atoms with E-state index in [9.17, 15) is 4.79 Å². The van der Waals surface area contributed by atoms with Crippen molar-refractivity contribution < 1.29 is 14.1 Å². The summed E-state index contributed by atoms with van der Waals surface area (Å²) >= 11 is 0. The van der Waals surface area contributed by atoms with Crippen LogP contribution < -0.4 is 4.74 Å². The molecule has 3 aromatic rings. The van der Waals surface area contributed by atoms with E-state index in [2.05, 4.69) is 10.1 Å². The van der Waals surface area contributed by atoms with Gasteiger partial charge in [-0.15, -0.1) is 0 Å². The van der Waals surface area contributed by atoms with Gasteiger partial charge in [0.1, 0.15) is 11.8 Å². The zero-order chi connectivity index (χ0) is 18.8.